The van der Waals surface area contributed by atoms with Gasteiger partial charge < -0.3 is 40.3 Å². The van der Waals surface area contributed by atoms with E-state index >= 15 is 0 Å². The van der Waals surface area contributed by atoms with Crippen LogP contribution in [0.15, 0.2) is 18.2 Å². The van der Waals surface area contributed by atoms with Crippen molar-refractivity contribution >= 4 is 17.6 Å². The minimum Gasteiger partial charge on any atom is -0.476 e. The topological polar surface area (TPSA) is 209 Å². The molecule has 6 N–H and O–H groups in total. The highest BCUT2D eigenvalue weighted by molar-refractivity contribution is 5.77. The number of halogens is 2. The third-order valence-corrected chi connectivity index (χ3v) is 4.90. The van der Waals surface area contributed by atoms with Gasteiger partial charge in [0.15, 0.2) is 0 Å². The molecule has 184 valence electrons. The van der Waals surface area contributed by atoms with Gasteiger partial charge in [-0.05, 0) is 6.07 Å². The molecule has 2 rings (SSSR count). The van der Waals surface area contributed by atoms with Gasteiger partial charge in [0.2, 0.25) is 5.91 Å². The molecule has 0 aromatic heterocycles. The molecule has 6 atom stereocenters. The third-order valence-electron chi connectivity index (χ3n) is 4.90. The van der Waals surface area contributed by atoms with Gasteiger partial charge in [-0.2, -0.15) is 0 Å². The van der Waals surface area contributed by atoms with Crippen LogP contribution in [-0.2, 0) is 14.3 Å². The smallest absolute Gasteiger partial charge is 0.377 e. The average molecular weight is 480 g/mol. The van der Waals surface area contributed by atoms with Gasteiger partial charge in [0.05, 0.1) is 35.7 Å². The van der Waals surface area contributed by atoms with Gasteiger partial charge in [0.25, 0.3) is 12.1 Å². The van der Waals surface area contributed by atoms with E-state index in [-0.39, 0.29) is 0 Å². The van der Waals surface area contributed by atoms with E-state index in [1.807, 2.05) is 0 Å². The van der Waals surface area contributed by atoms with Crippen molar-refractivity contribution in [2.24, 2.45) is 0 Å². The number of ether oxygens (including phenoxy) is 2. The van der Waals surface area contributed by atoms with Crippen molar-refractivity contribution in [1.82, 2.24) is 5.32 Å². The highest BCUT2D eigenvalue weighted by Crippen LogP contribution is 2.39. The van der Waals surface area contributed by atoms with E-state index in [0.717, 1.165) is 13.0 Å². The number of aliphatic carboxylic acids is 1. The highest BCUT2D eigenvalue weighted by atomic mass is 19.3. The number of carboxylic acid groups (broad SMARTS) is 1. The first-order valence-corrected chi connectivity index (χ1v) is 9.41. The predicted molar refractivity (Wildman–Crippen MR) is 101 cm³/mol. The summed E-state index contributed by atoms with van der Waals surface area (Å²) >= 11 is 0. The minimum absolute atomic E-state index is 0.469. The summed E-state index contributed by atoms with van der Waals surface area (Å²) in [6, 6.07) is 0.476. The lowest BCUT2D eigenvalue weighted by molar-refractivity contribution is -0.385. The lowest BCUT2D eigenvalue weighted by Crippen LogP contribution is -2.68. The second kappa shape index (κ2) is 10.3. The largest absolute Gasteiger partial charge is 0.476 e. The fraction of sp³-hybridized carbons (Fsp3) is 0.556. The van der Waals surface area contributed by atoms with Gasteiger partial charge in [-0.15, -0.1) is 0 Å². The number of carbonyl (C=O) groups is 2. The Labute approximate surface area is 184 Å². The first-order valence-electron chi connectivity index (χ1n) is 9.41. The molecule has 1 fully saturated rings. The first-order chi connectivity index (χ1) is 15.3. The summed E-state index contributed by atoms with van der Waals surface area (Å²) in [7, 11) is 0. The van der Waals surface area contributed by atoms with Crippen molar-refractivity contribution in [3.05, 3.63) is 33.9 Å². The second-order valence-electron chi connectivity index (χ2n) is 7.26. The number of nitro benzene ring substituents is 1. The number of nitrogens with one attached hydrogen (secondary N) is 1. The van der Waals surface area contributed by atoms with Crippen LogP contribution in [0.4, 0.5) is 14.5 Å². The zero-order valence-corrected chi connectivity index (χ0v) is 17.0. The quantitative estimate of drug-likeness (QED) is 0.188. The summed E-state index contributed by atoms with van der Waals surface area (Å²) in [6.45, 7) is 0.0305. The number of non-ortho nitro benzene ring substituents is 1. The van der Waals surface area contributed by atoms with Crippen molar-refractivity contribution in [3.8, 4) is 5.75 Å². The third kappa shape index (κ3) is 5.69. The molecular weight excluding hydrogens is 458 g/mol. The van der Waals surface area contributed by atoms with Gasteiger partial charge in [0, 0.05) is 19.1 Å². The molecule has 0 saturated carbocycles. The molecule has 15 heteroatoms. The maximum atomic E-state index is 13.5. The van der Waals surface area contributed by atoms with Gasteiger partial charge >= 0.3 is 11.8 Å². The van der Waals surface area contributed by atoms with Crippen LogP contribution in [-0.4, -0.2) is 85.2 Å². The summed E-state index contributed by atoms with van der Waals surface area (Å²) < 4.78 is 37.5. The Morgan fingerprint density at radius 2 is 2.03 bits per heavy atom. The van der Waals surface area contributed by atoms with E-state index in [1.54, 1.807) is 0 Å². The molecule has 1 heterocycles. The van der Waals surface area contributed by atoms with Crippen LogP contribution >= 0.6 is 0 Å². The van der Waals surface area contributed by atoms with E-state index in [4.69, 9.17) is 14.6 Å². The summed E-state index contributed by atoms with van der Waals surface area (Å²) in [5.41, 5.74) is -1.77. The number of alkyl halides is 2. The van der Waals surface area contributed by atoms with Crippen molar-refractivity contribution in [2.75, 3.05) is 6.61 Å². The Morgan fingerprint density at radius 1 is 1.39 bits per heavy atom. The molecule has 1 aromatic carbocycles. The number of benzene rings is 1. The van der Waals surface area contributed by atoms with Crippen molar-refractivity contribution in [3.63, 3.8) is 0 Å². The number of nitro groups is 1. The van der Waals surface area contributed by atoms with Crippen LogP contribution < -0.4 is 10.1 Å². The number of carbonyl (C=O) groups excluding carboxylic acids is 1. The van der Waals surface area contributed by atoms with Gasteiger partial charge in [-0.3, -0.25) is 14.9 Å². The number of amides is 1. The fourth-order valence-corrected chi connectivity index (χ4v) is 3.32. The molecule has 1 aliphatic heterocycles. The minimum atomic E-state index is -3.33. The van der Waals surface area contributed by atoms with E-state index in [2.05, 4.69) is 5.32 Å². The molecule has 13 nitrogen and oxygen atoms in total. The number of nitrogens with zero attached hydrogens (tertiary/aromatic N) is 1. The van der Waals surface area contributed by atoms with Crippen LogP contribution in [0.25, 0.3) is 0 Å². The number of aliphatic hydroxyl groups excluding tert-OH is 4. The highest BCUT2D eigenvalue weighted by Gasteiger charge is 2.57. The van der Waals surface area contributed by atoms with E-state index in [9.17, 15) is 48.9 Å². The molecule has 1 unspecified atom stereocenters. The van der Waals surface area contributed by atoms with Gasteiger partial charge in [-0.25, -0.2) is 13.6 Å². The molecule has 0 spiro atoms. The monoisotopic (exact) mass is 480 g/mol. The van der Waals surface area contributed by atoms with Crippen LogP contribution in [0.2, 0.25) is 0 Å². The number of rotatable bonds is 9. The summed E-state index contributed by atoms with van der Waals surface area (Å²) in [4.78, 5) is 33.5. The lowest BCUT2D eigenvalue weighted by atomic mass is 9.88. The van der Waals surface area contributed by atoms with E-state index < -0.39 is 89.5 Å². The Morgan fingerprint density at radius 3 is 2.52 bits per heavy atom. The summed E-state index contributed by atoms with van der Waals surface area (Å²) in [6.07, 6.45) is -11.9. The number of aliphatic hydroxyl groups is 4. The Hall–Kier alpha value is -2.98. The van der Waals surface area contributed by atoms with Crippen LogP contribution in [0, 0.1) is 10.1 Å². The number of hydrogen-bond acceptors (Lipinski definition) is 10. The molecule has 0 aliphatic carbocycles. The van der Waals surface area contributed by atoms with Crippen LogP contribution in [0.5, 0.6) is 5.75 Å². The standard InChI is InChI=1S/C18H22F2N2O11/c1-7(24)21-13-10(25)5-18(17(28)29,33-15(13)14(27)11(26)6-23)32-12-3-2-8(22(30)31)4-9(12)16(19)20/h2-4,10-11,13-16,23,25-27H,5-6H2,1H3,(H,21,24)(H,28,29)/t10-,11-,13-,14-,15-,18?/m1/s1. The Kier molecular flexibility index (Phi) is 8.20. The zero-order valence-electron chi connectivity index (χ0n) is 17.0. The lowest BCUT2D eigenvalue weighted by Gasteiger charge is -2.46. The maximum absolute atomic E-state index is 13.5. The number of hydrogen-bond donors (Lipinski definition) is 6. The Bertz CT molecular complexity index is 902. The van der Waals surface area contributed by atoms with Crippen LogP contribution in [0.1, 0.15) is 25.3 Å². The molecule has 1 aliphatic rings. The van der Waals surface area contributed by atoms with E-state index in [1.165, 1.54) is 0 Å². The first kappa shape index (κ1) is 26.3. The van der Waals surface area contributed by atoms with Crippen LogP contribution in [0.3, 0.4) is 0 Å². The summed E-state index contributed by atoms with van der Waals surface area (Å²) in [5.74, 6) is -6.40. The van der Waals surface area contributed by atoms with Gasteiger partial charge in [-0.1, -0.05) is 0 Å². The SMILES string of the molecule is CC(=O)N[C@H]1[C@H]([C@H](O)[C@H](O)CO)OC(Oc2ccc([N+](=O)[O-])cc2C(F)F)(C(=O)O)C[C@H]1O. The Balaban J connectivity index is 2.53. The predicted octanol–water partition coefficient (Wildman–Crippen LogP) is -0.939. The maximum Gasteiger partial charge on any atom is 0.377 e. The average Bonchev–Trinajstić information content (AvgIpc) is 2.73. The number of carboxylic acids is 1. The second-order valence-corrected chi connectivity index (χ2v) is 7.26. The van der Waals surface area contributed by atoms with Crippen molar-refractivity contribution in [2.45, 2.75) is 56.0 Å². The fourth-order valence-electron chi connectivity index (χ4n) is 3.32. The molecule has 0 bridgehead atoms. The van der Waals surface area contributed by atoms with Crippen molar-refractivity contribution < 1.29 is 58.3 Å². The zero-order chi connectivity index (χ0) is 25.1. The molecule has 1 saturated heterocycles. The van der Waals surface area contributed by atoms with E-state index in [0.29, 0.717) is 12.1 Å². The van der Waals surface area contributed by atoms with Gasteiger partial charge in [0.1, 0.15) is 24.1 Å². The summed E-state index contributed by atoms with van der Waals surface area (Å²) in [5, 5.41) is 62.6. The molecule has 0 radical (unpaired) electrons. The molecule has 1 amide bonds. The van der Waals surface area contributed by atoms with Crippen molar-refractivity contribution in [1.29, 1.82) is 0 Å². The normalized spacial score (nSPS) is 27.0. The molecule has 33 heavy (non-hydrogen) atoms. The molecular formula is C18H22F2N2O11. The molecule has 1 aromatic rings.